The zero-order valence-electron chi connectivity index (χ0n) is 12.0. The van der Waals surface area contributed by atoms with Gasteiger partial charge in [0.2, 0.25) is 0 Å². The molecule has 0 saturated heterocycles. The third kappa shape index (κ3) is 3.00. The summed E-state index contributed by atoms with van der Waals surface area (Å²) in [6.45, 7) is 6.15. The van der Waals surface area contributed by atoms with Gasteiger partial charge in [-0.05, 0) is 37.5 Å². The maximum Gasteiger partial charge on any atom is 0.142 e. The van der Waals surface area contributed by atoms with Gasteiger partial charge in [-0.1, -0.05) is 43.3 Å². The Morgan fingerprint density at radius 1 is 1.10 bits per heavy atom. The van der Waals surface area contributed by atoms with E-state index in [0.29, 0.717) is 10.6 Å². The van der Waals surface area contributed by atoms with Crippen molar-refractivity contribution in [3.05, 3.63) is 46.6 Å². The third-order valence-corrected chi connectivity index (χ3v) is 4.15. The fraction of sp³-hybridized carbons (Fsp3) is 0.312. The Hall–Kier alpha value is -1.86. The summed E-state index contributed by atoms with van der Waals surface area (Å²) in [5, 5.41) is 18.6. The molecule has 0 N–H and O–H groups in total. The molecule has 0 bridgehead atoms. The number of rotatable bonds is 4. The van der Waals surface area contributed by atoms with E-state index in [1.54, 1.807) is 0 Å². The zero-order valence-corrected chi connectivity index (χ0v) is 12.8. The fourth-order valence-corrected chi connectivity index (χ4v) is 2.91. The lowest BCUT2D eigenvalue weighted by molar-refractivity contribution is 0.818. The van der Waals surface area contributed by atoms with Crippen LogP contribution >= 0.6 is 11.8 Å². The summed E-state index contributed by atoms with van der Waals surface area (Å²) in [6, 6.07) is 10.5. The van der Waals surface area contributed by atoms with Crippen molar-refractivity contribution in [2.45, 2.75) is 43.5 Å². The van der Waals surface area contributed by atoms with Crippen molar-refractivity contribution in [1.29, 1.82) is 5.26 Å². The van der Waals surface area contributed by atoms with Gasteiger partial charge in [0.05, 0.1) is 11.3 Å². The average Bonchev–Trinajstić information content (AvgIpc) is 2.48. The molecule has 0 radical (unpaired) electrons. The molecule has 20 heavy (non-hydrogen) atoms. The van der Waals surface area contributed by atoms with Crippen molar-refractivity contribution in [3.63, 3.8) is 0 Å². The number of hydrogen-bond donors (Lipinski definition) is 0. The van der Waals surface area contributed by atoms with Crippen LogP contribution in [0.2, 0.25) is 0 Å². The molecule has 2 rings (SSSR count). The summed E-state index contributed by atoms with van der Waals surface area (Å²) in [5.41, 5.74) is 3.85. The summed E-state index contributed by atoms with van der Waals surface area (Å²) in [6.07, 6.45) is 1.61. The van der Waals surface area contributed by atoms with Crippen molar-refractivity contribution in [2.24, 2.45) is 0 Å². The summed E-state index contributed by atoms with van der Waals surface area (Å²) in [7, 11) is 0. The van der Waals surface area contributed by atoms with Crippen LogP contribution in [0.5, 0.6) is 0 Å². The Kier molecular flexibility index (Phi) is 4.75. The van der Waals surface area contributed by atoms with E-state index >= 15 is 0 Å². The van der Waals surface area contributed by atoms with Crippen LogP contribution in [-0.2, 0) is 12.8 Å². The van der Waals surface area contributed by atoms with E-state index in [-0.39, 0.29) is 0 Å². The largest absolute Gasteiger partial charge is 0.192 e. The number of benzene rings is 1. The van der Waals surface area contributed by atoms with E-state index in [2.05, 4.69) is 42.2 Å². The van der Waals surface area contributed by atoms with Crippen LogP contribution in [-0.4, -0.2) is 10.2 Å². The van der Waals surface area contributed by atoms with Crippen molar-refractivity contribution < 1.29 is 0 Å². The van der Waals surface area contributed by atoms with E-state index in [9.17, 15) is 5.26 Å². The van der Waals surface area contributed by atoms with Crippen molar-refractivity contribution in [1.82, 2.24) is 10.2 Å². The summed E-state index contributed by atoms with van der Waals surface area (Å²) in [4.78, 5) is 1.08. The summed E-state index contributed by atoms with van der Waals surface area (Å²) in [5.74, 6) is 0. The van der Waals surface area contributed by atoms with Gasteiger partial charge in [-0.3, -0.25) is 0 Å². The highest BCUT2D eigenvalue weighted by molar-refractivity contribution is 7.99. The fourth-order valence-electron chi connectivity index (χ4n) is 2.06. The molecule has 0 aliphatic rings. The van der Waals surface area contributed by atoms with E-state index < -0.39 is 0 Å². The molecule has 3 nitrogen and oxygen atoms in total. The first-order valence-electron chi connectivity index (χ1n) is 6.72. The van der Waals surface area contributed by atoms with Crippen LogP contribution in [0.1, 0.15) is 36.2 Å². The van der Waals surface area contributed by atoms with Crippen molar-refractivity contribution in [2.75, 3.05) is 0 Å². The Balaban J connectivity index is 2.42. The smallest absolute Gasteiger partial charge is 0.142 e. The normalized spacial score (nSPS) is 10.3. The van der Waals surface area contributed by atoms with Crippen molar-refractivity contribution in [3.8, 4) is 6.07 Å². The number of aryl methyl sites for hydroxylation is 2. The standard InChI is InChI=1S/C16H17N3S/c1-4-13-14(10-17)16(19-18-15(13)5-2)20-12-8-6-11(3)7-9-12/h6-9H,4-5H2,1-3H3. The van der Waals surface area contributed by atoms with Crippen LogP contribution < -0.4 is 0 Å². The molecule has 0 saturated carbocycles. The summed E-state index contributed by atoms with van der Waals surface area (Å²) >= 11 is 1.50. The SMILES string of the molecule is CCc1nnc(Sc2ccc(C)cc2)c(C#N)c1CC. The Morgan fingerprint density at radius 3 is 2.35 bits per heavy atom. The molecule has 0 aliphatic heterocycles. The Bertz CT molecular complexity index is 642. The minimum absolute atomic E-state index is 0.671. The summed E-state index contributed by atoms with van der Waals surface area (Å²) < 4.78 is 0. The lowest BCUT2D eigenvalue weighted by Crippen LogP contribution is -2.04. The van der Waals surface area contributed by atoms with Gasteiger partial charge in [-0.25, -0.2) is 0 Å². The van der Waals surface area contributed by atoms with E-state index in [4.69, 9.17) is 0 Å². The molecular formula is C16H17N3S. The molecule has 2 aromatic rings. The number of nitriles is 1. The Labute approximate surface area is 124 Å². The first-order valence-corrected chi connectivity index (χ1v) is 7.54. The number of hydrogen-bond acceptors (Lipinski definition) is 4. The van der Waals surface area contributed by atoms with Crippen molar-refractivity contribution >= 4 is 11.8 Å². The highest BCUT2D eigenvalue weighted by Gasteiger charge is 2.15. The average molecular weight is 283 g/mol. The quantitative estimate of drug-likeness (QED) is 0.853. The van der Waals surface area contributed by atoms with Gasteiger partial charge in [0.15, 0.2) is 0 Å². The van der Waals surface area contributed by atoms with Gasteiger partial charge in [-0.15, -0.1) is 5.10 Å². The predicted molar refractivity (Wildman–Crippen MR) is 80.8 cm³/mol. The van der Waals surface area contributed by atoms with Crippen LogP contribution in [0.4, 0.5) is 0 Å². The van der Waals surface area contributed by atoms with Crippen LogP contribution in [0.15, 0.2) is 34.2 Å². The topological polar surface area (TPSA) is 49.6 Å². The minimum atomic E-state index is 0.671. The second-order valence-electron chi connectivity index (χ2n) is 4.54. The molecule has 4 heteroatoms. The van der Waals surface area contributed by atoms with Gasteiger partial charge in [0.1, 0.15) is 11.1 Å². The second-order valence-corrected chi connectivity index (χ2v) is 5.60. The molecule has 0 fully saturated rings. The molecule has 1 aromatic carbocycles. The predicted octanol–water partition coefficient (Wildman–Crippen LogP) is 3.93. The monoisotopic (exact) mass is 283 g/mol. The lowest BCUT2D eigenvalue weighted by atomic mass is 10.1. The Morgan fingerprint density at radius 2 is 1.80 bits per heavy atom. The maximum absolute atomic E-state index is 9.44. The molecule has 1 heterocycles. The molecule has 0 aliphatic carbocycles. The van der Waals surface area contributed by atoms with Gasteiger partial charge >= 0.3 is 0 Å². The molecule has 1 aromatic heterocycles. The first kappa shape index (κ1) is 14.5. The van der Waals surface area contributed by atoms with E-state index in [1.165, 1.54) is 17.3 Å². The van der Waals surface area contributed by atoms with E-state index in [1.807, 2.05) is 19.1 Å². The highest BCUT2D eigenvalue weighted by Crippen LogP contribution is 2.30. The van der Waals surface area contributed by atoms with Gasteiger partial charge < -0.3 is 0 Å². The number of nitrogens with zero attached hydrogens (tertiary/aromatic N) is 3. The molecule has 0 unspecified atom stereocenters. The van der Waals surface area contributed by atoms with Gasteiger partial charge in [0.25, 0.3) is 0 Å². The maximum atomic E-state index is 9.44. The second kappa shape index (κ2) is 6.53. The first-order chi connectivity index (χ1) is 9.69. The van der Waals surface area contributed by atoms with Gasteiger partial charge in [-0.2, -0.15) is 10.4 Å². The van der Waals surface area contributed by atoms with Crippen LogP contribution in [0, 0.1) is 18.3 Å². The van der Waals surface area contributed by atoms with Crippen LogP contribution in [0.3, 0.4) is 0 Å². The third-order valence-electron chi connectivity index (χ3n) is 3.16. The lowest BCUT2D eigenvalue weighted by Gasteiger charge is -2.10. The van der Waals surface area contributed by atoms with Crippen LogP contribution in [0.25, 0.3) is 0 Å². The molecule has 0 amide bonds. The van der Waals surface area contributed by atoms with E-state index in [0.717, 1.165) is 29.0 Å². The molecule has 0 spiro atoms. The highest BCUT2D eigenvalue weighted by atomic mass is 32.2. The number of aromatic nitrogens is 2. The van der Waals surface area contributed by atoms with Gasteiger partial charge in [0, 0.05) is 4.90 Å². The zero-order chi connectivity index (χ0) is 14.5. The minimum Gasteiger partial charge on any atom is -0.192 e. The molecule has 0 atom stereocenters. The molecule has 102 valence electrons. The molecular weight excluding hydrogens is 266 g/mol.